The number of carbonyl (C=O) groups is 1. The van der Waals surface area contributed by atoms with Crippen LogP contribution in [-0.2, 0) is 4.79 Å². The van der Waals surface area contributed by atoms with E-state index in [0.717, 1.165) is 0 Å². The Hall–Kier alpha value is -2.22. The zero-order valence-corrected chi connectivity index (χ0v) is 11.4. The molecule has 1 fully saturated rings. The van der Waals surface area contributed by atoms with Crippen molar-refractivity contribution in [1.82, 2.24) is 15.2 Å². The number of anilines is 1. The number of likely N-dealkylation sites (N-methyl/N-ethyl adjacent to an activating group) is 1. The topological polar surface area (TPSA) is 91.6 Å². The summed E-state index contributed by atoms with van der Waals surface area (Å²) in [5.74, 6) is 0.149. The number of nitrogens with zero attached hydrogens (tertiary/aromatic N) is 4. The molecule has 1 amide bonds. The van der Waals surface area contributed by atoms with E-state index in [0.29, 0.717) is 19.6 Å². The zero-order chi connectivity index (χ0) is 14.7. The minimum Gasteiger partial charge on any atom is -0.347 e. The van der Waals surface area contributed by atoms with Gasteiger partial charge in [0.05, 0.1) is 4.92 Å². The average molecular weight is 279 g/mol. The highest BCUT2D eigenvalue weighted by molar-refractivity contribution is 5.86. The summed E-state index contributed by atoms with van der Waals surface area (Å²) in [7, 11) is 3.34. The molecule has 1 saturated heterocycles. The van der Waals surface area contributed by atoms with Gasteiger partial charge < -0.3 is 15.1 Å². The number of nitro groups is 1. The van der Waals surface area contributed by atoms with Crippen LogP contribution in [0.5, 0.6) is 0 Å². The maximum atomic E-state index is 12.2. The molecule has 0 saturated carbocycles. The summed E-state index contributed by atoms with van der Waals surface area (Å²) in [6.45, 7) is 1.61. The Labute approximate surface area is 116 Å². The fourth-order valence-corrected chi connectivity index (χ4v) is 2.23. The van der Waals surface area contributed by atoms with Gasteiger partial charge in [0, 0.05) is 46.0 Å². The summed E-state index contributed by atoms with van der Waals surface area (Å²) in [4.78, 5) is 30.1. The van der Waals surface area contributed by atoms with Gasteiger partial charge in [-0.1, -0.05) is 0 Å². The molecule has 20 heavy (non-hydrogen) atoms. The second-order valence-corrected chi connectivity index (χ2v) is 4.75. The summed E-state index contributed by atoms with van der Waals surface area (Å²) in [5, 5.41) is 14.2. The molecular formula is C12H17N5O3. The first-order chi connectivity index (χ1) is 9.52. The van der Waals surface area contributed by atoms with Crippen molar-refractivity contribution < 1.29 is 9.72 Å². The molecule has 0 radical (unpaired) electrons. The predicted molar refractivity (Wildman–Crippen MR) is 73.6 cm³/mol. The molecule has 1 N–H and O–H groups in total. The van der Waals surface area contributed by atoms with Gasteiger partial charge in [-0.05, 0) is 6.07 Å². The molecule has 0 bridgehead atoms. The smallest absolute Gasteiger partial charge is 0.311 e. The number of hydrogen-bond donors (Lipinski definition) is 1. The molecule has 0 spiro atoms. The van der Waals surface area contributed by atoms with E-state index in [2.05, 4.69) is 10.3 Å². The van der Waals surface area contributed by atoms with E-state index in [1.807, 2.05) is 0 Å². The van der Waals surface area contributed by atoms with Gasteiger partial charge >= 0.3 is 5.69 Å². The Morgan fingerprint density at radius 3 is 3.00 bits per heavy atom. The first-order valence-electron chi connectivity index (χ1n) is 6.30. The second-order valence-electron chi connectivity index (χ2n) is 4.75. The van der Waals surface area contributed by atoms with Crippen molar-refractivity contribution in [3.8, 4) is 0 Å². The number of carbonyl (C=O) groups excluding carboxylic acids is 1. The highest BCUT2D eigenvalue weighted by atomic mass is 16.6. The van der Waals surface area contributed by atoms with Crippen LogP contribution in [0.2, 0.25) is 0 Å². The molecule has 1 aliphatic rings. The van der Waals surface area contributed by atoms with Crippen LogP contribution in [0.3, 0.4) is 0 Å². The van der Waals surface area contributed by atoms with Crippen molar-refractivity contribution in [3.05, 3.63) is 28.4 Å². The van der Waals surface area contributed by atoms with Crippen LogP contribution in [0.4, 0.5) is 11.5 Å². The lowest BCUT2D eigenvalue weighted by molar-refractivity contribution is -0.384. The van der Waals surface area contributed by atoms with Crippen LogP contribution in [0.15, 0.2) is 18.3 Å². The monoisotopic (exact) mass is 279 g/mol. The standard InChI is InChI=1S/C12H17N5O3/c1-15(2)12(18)10-8-13-6-7-16(10)11-9(17(19)20)4-3-5-14-11/h3-5,10,13H,6-8H2,1-2H3. The third-order valence-electron chi connectivity index (χ3n) is 3.20. The van der Waals surface area contributed by atoms with Crippen molar-refractivity contribution in [3.63, 3.8) is 0 Å². The minimum absolute atomic E-state index is 0.0778. The van der Waals surface area contributed by atoms with E-state index in [4.69, 9.17) is 0 Å². The number of amides is 1. The van der Waals surface area contributed by atoms with Gasteiger partial charge in [0.25, 0.3) is 0 Å². The van der Waals surface area contributed by atoms with Crippen molar-refractivity contribution in [1.29, 1.82) is 0 Å². The lowest BCUT2D eigenvalue weighted by atomic mass is 10.1. The summed E-state index contributed by atoms with van der Waals surface area (Å²) in [6, 6.07) is 2.45. The van der Waals surface area contributed by atoms with E-state index in [-0.39, 0.29) is 17.4 Å². The van der Waals surface area contributed by atoms with E-state index in [1.165, 1.54) is 23.2 Å². The fourth-order valence-electron chi connectivity index (χ4n) is 2.23. The third kappa shape index (κ3) is 2.69. The van der Waals surface area contributed by atoms with Gasteiger partial charge in [-0.2, -0.15) is 0 Å². The number of rotatable bonds is 3. The predicted octanol–water partition coefficient (Wildman–Crippen LogP) is -0.144. The van der Waals surface area contributed by atoms with Crippen molar-refractivity contribution in [2.75, 3.05) is 38.6 Å². The van der Waals surface area contributed by atoms with E-state index in [9.17, 15) is 14.9 Å². The summed E-state index contributed by atoms with van der Waals surface area (Å²) in [5.41, 5.74) is -0.0778. The Morgan fingerprint density at radius 1 is 1.60 bits per heavy atom. The van der Waals surface area contributed by atoms with Crippen LogP contribution >= 0.6 is 0 Å². The quantitative estimate of drug-likeness (QED) is 0.611. The van der Waals surface area contributed by atoms with Gasteiger partial charge in [0.1, 0.15) is 6.04 Å². The zero-order valence-electron chi connectivity index (χ0n) is 11.4. The van der Waals surface area contributed by atoms with Gasteiger partial charge in [0.2, 0.25) is 11.7 Å². The maximum absolute atomic E-state index is 12.2. The molecule has 1 aromatic heterocycles. The highest BCUT2D eigenvalue weighted by Crippen LogP contribution is 2.27. The fraction of sp³-hybridized carbons (Fsp3) is 0.500. The molecule has 2 heterocycles. The molecule has 2 rings (SSSR count). The summed E-state index contributed by atoms with van der Waals surface area (Å²) < 4.78 is 0. The third-order valence-corrected chi connectivity index (χ3v) is 3.20. The number of piperazine rings is 1. The Morgan fingerprint density at radius 2 is 2.35 bits per heavy atom. The van der Waals surface area contributed by atoms with Gasteiger partial charge in [0.15, 0.2) is 0 Å². The molecule has 1 atom stereocenters. The second kappa shape index (κ2) is 5.83. The number of aromatic nitrogens is 1. The average Bonchev–Trinajstić information content (AvgIpc) is 2.46. The molecule has 0 aliphatic carbocycles. The van der Waals surface area contributed by atoms with Crippen LogP contribution in [0, 0.1) is 10.1 Å². The Kier molecular flexibility index (Phi) is 4.14. The molecule has 108 valence electrons. The van der Waals surface area contributed by atoms with Crippen LogP contribution < -0.4 is 10.2 Å². The number of hydrogen-bond acceptors (Lipinski definition) is 6. The molecule has 8 heteroatoms. The molecule has 0 aromatic carbocycles. The molecule has 1 aliphatic heterocycles. The lowest BCUT2D eigenvalue weighted by Gasteiger charge is -2.36. The van der Waals surface area contributed by atoms with E-state index >= 15 is 0 Å². The summed E-state index contributed by atoms with van der Waals surface area (Å²) >= 11 is 0. The lowest BCUT2D eigenvalue weighted by Crippen LogP contribution is -2.58. The van der Waals surface area contributed by atoms with E-state index in [1.54, 1.807) is 19.0 Å². The first-order valence-corrected chi connectivity index (χ1v) is 6.30. The largest absolute Gasteiger partial charge is 0.347 e. The molecular weight excluding hydrogens is 262 g/mol. The molecule has 8 nitrogen and oxygen atoms in total. The van der Waals surface area contributed by atoms with Crippen molar-refractivity contribution in [2.24, 2.45) is 0 Å². The van der Waals surface area contributed by atoms with Gasteiger partial charge in [-0.3, -0.25) is 14.9 Å². The van der Waals surface area contributed by atoms with Crippen molar-refractivity contribution in [2.45, 2.75) is 6.04 Å². The van der Waals surface area contributed by atoms with E-state index < -0.39 is 11.0 Å². The molecule has 1 unspecified atom stereocenters. The maximum Gasteiger partial charge on any atom is 0.311 e. The van der Waals surface area contributed by atoms with Crippen LogP contribution in [0.1, 0.15) is 0 Å². The Bertz CT molecular complexity index is 520. The summed E-state index contributed by atoms with van der Waals surface area (Å²) in [6.07, 6.45) is 1.50. The first kappa shape index (κ1) is 14.2. The van der Waals surface area contributed by atoms with Crippen LogP contribution in [0.25, 0.3) is 0 Å². The highest BCUT2D eigenvalue weighted by Gasteiger charge is 2.34. The van der Waals surface area contributed by atoms with Gasteiger partial charge in [-0.15, -0.1) is 0 Å². The van der Waals surface area contributed by atoms with Gasteiger partial charge in [-0.25, -0.2) is 4.98 Å². The minimum atomic E-state index is -0.479. The number of pyridine rings is 1. The normalized spacial score (nSPS) is 18.7. The SMILES string of the molecule is CN(C)C(=O)C1CNCCN1c1ncccc1[N+](=O)[O-]. The molecule has 1 aromatic rings. The Balaban J connectivity index is 2.38. The number of nitrogens with one attached hydrogen (secondary N) is 1. The van der Waals surface area contributed by atoms with Crippen LogP contribution in [-0.4, -0.2) is 60.5 Å². The van der Waals surface area contributed by atoms with Crippen molar-refractivity contribution >= 4 is 17.4 Å².